The van der Waals surface area contributed by atoms with Crippen molar-refractivity contribution in [1.29, 1.82) is 0 Å². The van der Waals surface area contributed by atoms with E-state index in [1.807, 2.05) is 6.92 Å². The Kier molecular flexibility index (Phi) is 4.79. The SMILES string of the molecule is CCCCS(=O)(=O)c1nnc(N2C(=O)N(C)CCC2O)s1. The van der Waals surface area contributed by atoms with Crippen LogP contribution in [0, 0.1) is 0 Å². The van der Waals surface area contributed by atoms with Crippen LogP contribution in [-0.2, 0) is 9.84 Å². The summed E-state index contributed by atoms with van der Waals surface area (Å²) >= 11 is 0.815. The van der Waals surface area contributed by atoms with Gasteiger partial charge in [0, 0.05) is 20.0 Å². The van der Waals surface area contributed by atoms with E-state index in [4.69, 9.17) is 0 Å². The van der Waals surface area contributed by atoms with E-state index < -0.39 is 22.1 Å². The number of carbonyl (C=O) groups excluding carboxylic acids is 1. The monoisotopic (exact) mass is 334 g/mol. The Balaban J connectivity index is 2.25. The zero-order valence-corrected chi connectivity index (χ0v) is 13.5. The number of hydrogen-bond donors (Lipinski definition) is 1. The molecule has 2 rings (SSSR count). The number of amides is 2. The van der Waals surface area contributed by atoms with E-state index in [0.717, 1.165) is 22.7 Å². The number of unbranched alkanes of at least 4 members (excludes halogenated alkanes) is 1. The first-order chi connectivity index (χ1) is 9.86. The Morgan fingerprint density at radius 1 is 1.43 bits per heavy atom. The first-order valence-electron chi connectivity index (χ1n) is 6.65. The summed E-state index contributed by atoms with van der Waals surface area (Å²) in [5, 5.41) is 17.5. The second kappa shape index (κ2) is 6.24. The lowest BCUT2D eigenvalue weighted by Crippen LogP contribution is -2.53. The number of aliphatic hydroxyl groups is 1. The van der Waals surface area contributed by atoms with Crippen LogP contribution in [0.2, 0.25) is 0 Å². The maximum Gasteiger partial charge on any atom is 0.328 e. The normalized spacial score (nSPS) is 20.1. The molecule has 21 heavy (non-hydrogen) atoms. The van der Waals surface area contributed by atoms with E-state index in [1.165, 1.54) is 4.90 Å². The van der Waals surface area contributed by atoms with Gasteiger partial charge in [0.05, 0.1) is 5.75 Å². The molecular weight excluding hydrogens is 316 g/mol. The highest BCUT2D eigenvalue weighted by molar-refractivity contribution is 7.93. The van der Waals surface area contributed by atoms with E-state index >= 15 is 0 Å². The van der Waals surface area contributed by atoms with Crippen LogP contribution in [0.4, 0.5) is 9.93 Å². The van der Waals surface area contributed by atoms with Gasteiger partial charge in [0.2, 0.25) is 19.3 Å². The van der Waals surface area contributed by atoms with Gasteiger partial charge < -0.3 is 10.0 Å². The highest BCUT2D eigenvalue weighted by Crippen LogP contribution is 2.29. The van der Waals surface area contributed by atoms with E-state index in [-0.39, 0.29) is 15.2 Å². The Hall–Kier alpha value is -1.26. The molecule has 0 radical (unpaired) electrons. The second-order valence-corrected chi connectivity index (χ2v) is 8.11. The van der Waals surface area contributed by atoms with E-state index in [1.54, 1.807) is 7.05 Å². The van der Waals surface area contributed by atoms with Crippen molar-refractivity contribution >= 4 is 32.3 Å². The largest absolute Gasteiger partial charge is 0.373 e. The van der Waals surface area contributed by atoms with E-state index in [0.29, 0.717) is 19.4 Å². The molecule has 8 nitrogen and oxygen atoms in total. The summed E-state index contributed by atoms with van der Waals surface area (Å²) in [6.45, 7) is 2.34. The summed E-state index contributed by atoms with van der Waals surface area (Å²) in [4.78, 5) is 14.6. The molecule has 1 N–H and O–H groups in total. The van der Waals surface area contributed by atoms with Crippen molar-refractivity contribution in [2.45, 2.75) is 36.8 Å². The summed E-state index contributed by atoms with van der Waals surface area (Å²) in [7, 11) is -1.86. The quantitative estimate of drug-likeness (QED) is 0.795. The number of rotatable bonds is 5. The van der Waals surface area contributed by atoms with Crippen LogP contribution in [0.3, 0.4) is 0 Å². The van der Waals surface area contributed by atoms with Gasteiger partial charge in [-0.15, -0.1) is 10.2 Å². The Morgan fingerprint density at radius 3 is 2.81 bits per heavy atom. The number of nitrogens with zero attached hydrogens (tertiary/aromatic N) is 4. The number of hydrogen-bond acceptors (Lipinski definition) is 7. The van der Waals surface area contributed by atoms with E-state index in [9.17, 15) is 18.3 Å². The number of anilines is 1. The summed E-state index contributed by atoms with van der Waals surface area (Å²) in [5.74, 6) is 0.00847. The molecule has 10 heteroatoms. The topological polar surface area (TPSA) is 104 Å². The highest BCUT2D eigenvalue weighted by atomic mass is 32.2. The number of carbonyl (C=O) groups is 1. The van der Waals surface area contributed by atoms with Crippen molar-refractivity contribution in [3.8, 4) is 0 Å². The minimum Gasteiger partial charge on any atom is -0.373 e. The van der Waals surface area contributed by atoms with Crippen LogP contribution in [0.1, 0.15) is 26.2 Å². The summed E-state index contributed by atoms with van der Waals surface area (Å²) < 4.78 is 24.0. The van der Waals surface area contributed by atoms with Crippen LogP contribution in [0.5, 0.6) is 0 Å². The van der Waals surface area contributed by atoms with Gasteiger partial charge in [-0.3, -0.25) is 0 Å². The lowest BCUT2D eigenvalue weighted by molar-refractivity contribution is 0.116. The lowest BCUT2D eigenvalue weighted by atomic mass is 10.3. The molecule has 1 aliphatic heterocycles. The summed E-state index contributed by atoms with van der Waals surface area (Å²) in [6.07, 6.45) is 0.678. The fourth-order valence-electron chi connectivity index (χ4n) is 1.90. The predicted octanol–water partition coefficient (Wildman–Crippen LogP) is 0.692. The molecular formula is C11H18N4O4S2. The molecule has 1 saturated heterocycles. The van der Waals surface area contributed by atoms with E-state index in [2.05, 4.69) is 10.2 Å². The lowest BCUT2D eigenvalue weighted by Gasteiger charge is -2.35. The maximum absolute atomic E-state index is 12.0. The van der Waals surface area contributed by atoms with Gasteiger partial charge in [-0.05, 0) is 6.42 Å². The molecule has 1 atom stereocenters. The molecule has 0 aliphatic carbocycles. The number of urea groups is 1. The Bertz CT molecular complexity index is 615. The van der Waals surface area contributed by atoms with Gasteiger partial charge in [-0.25, -0.2) is 18.1 Å². The Labute approximate surface area is 127 Å². The average molecular weight is 334 g/mol. The molecule has 0 bridgehead atoms. The highest BCUT2D eigenvalue weighted by Gasteiger charge is 2.34. The minimum atomic E-state index is -3.48. The molecule has 1 aromatic rings. The molecule has 2 heterocycles. The predicted molar refractivity (Wildman–Crippen MR) is 78.0 cm³/mol. The number of sulfone groups is 1. The Morgan fingerprint density at radius 2 is 2.14 bits per heavy atom. The van der Waals surface area contributed by atoms with Crippen molar-refractivity contribution in [3.63, 3.8) is 0 Å². The van der Waals surface area contributed by atoms with Crippen molar-refractivity contribution < 1.29 is 18.3 Å². The zero-order valence-electron chi connectivity index (χ0n) is 11.9. The standard InChI is InChI=1S/C11H18N4O4S2/c1-3-4-7-21(18,19)10-13-12-9(20-10)15-8(16)5-6-14(2)11(15)17/h8,16H,3-7H2,1-2H3. The van der Waals surface area contributed by atoms with Gasteiger partial charge in [-0.1, -0.05) is 24.7 Å². The average Bonchev–Trinajstić information content (AvgIpc) is 2.91. The molecule has 0 aromatic carbocycles. The van der Waals surface area contributed by atoms with Crippen LogP contribution < -0.4 is 4.90 Å². The number of aromatic nitrogens is 2. The summed E-state index contributed by atoms with van der Waals surface area (Å²) in [6, 6.07) is -0.414. The maximum atomic E-state index is 12.0. The molecule has 1 aromatic heterocycles. The fourth-order valence-corrected chi connectivity index (χ4v) is 4.51. The minimum absolute atomic E-state index is 0.00847. The van der Waals surface area contributed by atoms with Crippen LogP contribution in [-0.4, -0.2) is 60.2 Å². The molecule has 1 fully saturated rings. The smallest absolute Gasteiger partial charge is 0.328 e. The molecule has 1 unspecified atom stereocenters. The molecule has 0 saturated carbocycles. The zero-order chi connectivity index (χ0) is 15.6. The third-order valence-corrected chi connectivity index (χ3v) is 6.36. The third kappa shape index (κ3) is 3.33. The first kappa shape index (κ1) is 16.1. The second-order valence-electron chi connectivity index (χ2n) is 4.87. The van der Waals surface area contributed by atoms with Gasteiger partial charge in [0.25, 0.3) is 0 Å². The van der Waals surface area contributed by atoms with Crippen LogP contribution >= 0.6 is 11.3 Å². The molecule has 118 valence electrons. The summed E-state index contributed by atoms with van der Waals surface area (Å²) in [5.41, 5.74) is 0. The third-order valence-electron chi connectivity index (χ3n) is 3.19. The molecule has 1 aliphatic rings. The van der Waals surface area contributed by atoms with Crippen molar-refractivity contribution in [2.75, 3.05) is 24.2 Å². The molecule has 2 amide bonds. The van der Waals surface area contributed by atoms with Gasteiger partial charge in [-0.2, -0.15) is 0 Å². The van der Waals surface area contributed by atoms with Crippen molar-refractivity contribution in [1.82, 2.24) is 15.1 Å². The van der Waals surface area contributed by atoms with Gasteiger partial charge in [0.15, 0.2) is 0 Å². The van der Waals surface area contributed by atoms with Crippen LogP contribution in [0.15, 0.2) is 4.34 Å². The first-order valence-corrected chi connectivity index (χ1v) is 9.12. The van der Waals surface area contributed by atoms with Crippen molar-refractivity contribution in [3.05, 3.63) is 0 Å². The fraction of sp³-hybridized carbons (Fsp3) is 0.727. The van der Waals surface area contributed by atoms with Crippen LogP contribution in [0.25, 0.3) is 0 Å². The van der Waals surface area contributed by atoms with Crippen molar-refractivity contribution in [2.24, 2.45) is 0 Å². The van der Waals surface area contributed by atoms with Gasteiger partial charge >= 0.3 is 6.03 Å². The van der Waals surface area contributed by atoms with Gasteiger partial charge in [0.1, 0.15) is 6.23 Å². The number of aliphatic hydroxyl groups excluding tert-OH is 1. The molecule has 0 spiro atoms.